The molecule has 27 heavy (non-hydrogen) atoms. The summed E-state index contributed by atoms with van der Waals surface area (Å²) in [5, 5.41) is 8.92. The number of aryl methyl sites for hydroxylation is 1. The van der Waals surface area contributed by atoms with Crippen molar-refractivity contribution in [3.63, 3.8) is 0 Å². The number of nitrogens with zero attached hydrogens (tertiary/aromatic N) is 4. The molecule has 4 heterocycles. The Morgan fingerprint density at radius 1 is 1.19 bits per heavy atom. The Kier molecular flexibility index (Phi) is 6.97. The topological polar surface area (TPSA) is 84.3 Å². The first kappa shape index (κ1) is 19.1. The average molecular weight is 382 g/mol. The first-order chi connectivity index (χ1) is 13.2. The SMILES string of the molecule is C1CNCNC1.C=Nc1nc(-c2ccnc(Oc3ccc(C)nc3)c2)cs1. The van der Waals surface area contributed by atoms with E-state index in [2.05, 4.69) is 37.3 Å². The fourth-order valence-corrected chi connectivity index (χ4v) is 2.96. The lowest BCUT2D eigenvalue weighted by Gasteiger charge is -2.11. The zero-order valence-electron chi connectivity index (χ0n) is 15.2. The van der Waals surface area contributed by atoms with E-state index < -0.39 is 0 Å². The molecule has 8 heteroatoms. The standard InChI is InChI=1S/C15H12N4OS.C4H10N2/c1-10-3-4-12(8-18-10)20-14-7-11(5-6-17-14)13-9-21-15(16-2)19-13;1-2-5-4-6-3-1/h3-9H,2H2,1H3;5-6H,1-4H2. The molecule has 0 unspecified atom stereocenters. The summed E-state index contributed by atoms with van der Waals surface area (Å²) in [5.41, 5.74) is 2.69. The van der Waals surface area contributed by atoms with Gasteiger partial charge in [-0.05, 0) is 51.4 Å². The third-order valence-corrected chi connectivity index (χ3v) is 4.49. The molecule has 0 aromatic carbocycles. The van der Waals surface area contributed by atoms with Gasteiger partial charge in [-0.2, -0.15) is 0 Å². The van der Waals surface area contributed by atoms with Gasteiger partial charge in [0.2, 0.25) is 11.0 Å². The highest BCUT2D eigenvalue weighted by atomic mass is 32.1. The average Bonchev–Trinajstić information content (AvgIpc) is 3.21. The second-order valence-electron chi connectivity index (χ2n) is 5.82. The van der Waals surface area contributed by atoms with Gasteiger partial charge in [0, 0.05) is 35.6 Å². The van der Waals surface area contributed by atoms with Crippen molar-refractivity contribution in [3.05, 3.63) is 47.7 Å². The molecular weight excluding hydrogens is 360 g/mol. The summed E-state index contributed by atoms with van der Waals surface area (Å²) in [6, 6.07) is 7.46. The van der Waals surface area contributed by atoms with E-state index in [0.717, 1.165) is 23.6 Å². The highest BCUT2D eigenvalue weighted by Crippen LogP contribution is 2.28. The van der Waals surface area contributed by atoms with Crippen LogP contribution in [0.5, 0.6) is 11.6 Å². The summed E-state index contributed by atoms with van der Waals surface area (Å²) in [6.07, 6.45) is 4.64. The minimum Gasteiger partial charge on any atom is -0.437 e. The molecule has 140 valence electrons. The molecule has 3 aromatic rings. The zero-order valence-corrected chi connectivity index (χ0v) is 16.0. The Balaban J connectivity index is 0.000000299. The van der Waals surface area contributed by atoms with Gasteiger partial charge in [0.05, 0.1) is 11.9 Å². The second-order valence-corrected chi connectivity index (χ2v) is 6.66. The van der Waals surface area contributed by atoms with Crippen LogP contribution >= 0.6 is 11.3 Å². The summed E-state index contributed by atoms with van der Waals surface area (Å²) < 4.78 is 5.69. The Morgan fingerprint density at radius 2 is 2.04 bits per heavy atom. The molecule has 7 nitrogen and oxygen atoms in total. The molecule has 0 radical (unpaired) electrons. The van der Waals surface area contributed by atoms with Crippen molar-refractivity contribution in [2.45, 2.75) is 13.3 Å². The van der Waals surface area contributed by atoms with Crippen molar-refractivity contribution >= 4 is 23.2 Å². The van der Waals surface area contributed by atoms with E-state index in [4.69, 9.17) is 4.74 Å². The van der Waals surface area contributed by atoms with Crippen LogP contribution in [0.4, 0.5) is 5.13 Å². The fourth-order valence-electron chi connectivity index (χ4n) is 2.33. The van der Waals surface area contributed by atoms with Gasteiger partial charge >= 0.3 is 0 Å². The number of hydrogen-bond donors (Lipinski definition) is 2. The molecule has 0 bridgehead atoms. The van der Waals surface area contributed by atoms with Crippen molar-refractivity contribution in [3.8, 4) is 22.9 Å². The van der Waals surface area contributed by atoms with Gasteiger partial charge in [0.15, 0.2) is 0 Å². The molecule has 0 aliphatic carbocycles. The van der Waals surface area contributed by atoms with Crippen LogP contribution in [0.15, 0.2) is 47.0 Å². The molecule has 1 aliphatic heterocycles. The van der Waals surface area contributed by atoms with Gasteiger partial charge in [0.1, 0.15) is 5.75 Å². The largest absolute Gasteiger partial charge is 0.437 e. The maximum Gasteiger partial charge on any atom is 0.219 e. The number of aromatic nitrogens is 3. The maximum absolute atomic E-state index is 5.69. The summed E-state index contributed by atoms with van der Waals surface area (Å²) in [5.74, 6) is 1.15. The van der Waals surface area contributed by atoms with Crippen molar-refractivity contribution in [2.24, 2.45) is 4.99 Å². The van der Waals surface area contributed by atoms with Crippen LogP contribution in [-0.2, 0) is 0 Å². The number of ether oxygens (including phenoxy) is 1. The number of rotatable bonds is 4. The minimum absolute atomic E-state index is 0.499. The van der Waals surface area contributed by atoms with E-state index in [0.29, 0.717) is 16.8 Å². The highest BCUT2D eigenvalue weighted by molar-refractivity contribution is 7.13. The molecule has 0 amide bonds. The zero-order chi connectivity index (χ0) is 18.9. The number of pyridine rings is 2. The highest BCUT2D eigenvalue weighted by Gasteiger charge is 2.06. The smallest absolute Gasteiger partial charge is 0.219 e. The molecule has 0 saturated carbocycles. The van der Waals surface area contributed by atoms with E-state index in [1.807, 2.05) is 36.6 Å². The summed E-state index contributed by atoms with van der Waals surface area (Å²) in [7, 11) is 0. The third-order valence-electron chi connectivity index (χ3n) is 3.72. The van der Waals surface area contributed by atoms with E-state index >= 15 is 0 Å². The minimum atomic E-state index is 0.499. The van der Waals surface area contributed by atoms with Crippen molar-refractivity contribution in [1.82, 2.24) is 25.6 Å². The van der Waals surface area contributed by atoms with Crippen molar-refractivity contribution < 1.29 is 4.74 Å². The van der Waals surface area contributed by atoms with E-state index in [-0.39, 0.29) is 0 Å². The third kappa shape index (κ3) is 5.92. The molecule has 3 aromatic heterocycles. The number of nitrogens with one attached hydrogen (secondary N) is 2. The normalized spacial score (nSPS) is 13.4. The van der Waals surface area contributed by atoms with E-state index in [9.17, 15) is 0 Å². The van der Waals surface area contributed by atoms with Crippen molar-refractivity contribution in [2.75, 3.05) is 19.8 Å². The molecule has 0 spiro atoms. The lowest BCUT2D eigenvalue weighted by molar-refractivity contribution is 0.461. The van der Waals surface area contributed by atoms with Crippen LogP contribution in [0.2, 0.25) is 0 Å². The van der Waals surface area contributed by atoms with Crippen LogP contribution in [0.25, 0.3) is 11.3 Å². The Hall–Kier alpha value is -2.68. The Labute approximate surface area is 162 Å². The quantitative estimate of drug-likeness (QED) is 0.671. The predicted octanol–water partition coefficient (Wildman–Crippen LogP) is 3.56. The van der Waals surface area contributed by atoms with Crippen LogP contribution in [0.1, 0.15) is 12.1 Å². The first-order valence-corrected chi connectivity index (χ1v) is 9.53. The van der Waals surface area contributed by atoms with Crippen molar-refractivity contribution in [1.29, 1.82) is 0 Å². The van der Waals surface area contributed by atoms with Crippen LogP contribution < -0.4 is 15.4 Å². The van der Waals surface area contributed by atoms with Crippen LogP contribution in [0.3, 0.4) is 0 Å². The van der Waals surface area contributed by atoms with Crippen LogP contribution in [0, 0.1) is 6.92 Å². The molecule has 1 fully saturated rings. The first-order valence-electron chi connectivity index (χ1n) is 8.65. The van der Waals surface area contributed by atoms with Gasteiger partial charge in [-0.3, -0.25) is 4.98 Å². The number of hydrogen-bond acceptors (Lipinski definition) is 8. The van der Waals surface area contributed by atoms with E-state index in [1.165, 1.54) is 30.8 Å². The van der Waals surface area contributed by atoms with Crippen LogP contribution in [-0.4, -0.2) is 41.4 Å². The van der Waals surface area contributed by atoms with Gasteiger partial charge < -0.3 is 15.4 Å². The Bertz CT molecular complexity index is 849. The summed E-state index contributed by atoms with van der Waals surface area (Å²) in [4.78, 5) is 16.6. The lowest BCUT2D eigenvalue weighted by atomic mass is 10.2. The summed E-state index contributed by atoms with van der Waals surface area (Å²) >= 11 is 1.44. The predicted molar refractivity (Wildman–Crippen MR) is 109 cm³/mol. The number of aliphatic imine (C=N–C) groups is 1. The molecule has 2 N–H and O–H groups in total. The van der Waals surface area contributed by atoms with Gasteiger partial charge in [-0.1, -0.05) is 0 Å². The Morgan fingerprint density at radius 3 is 2.63 bits per heavy atom. The second kappa shape index (κ2) is 9.86. The molecule has 1 saturated heterocycles. The van der Waals surface area contributed by atoms with Gasteiger partial charge in [0.25, 0.3) is 0 Å². The molecule has 0 atom stereocenters. The lowest BCUT2D eigenvalue weighted by Crippen LogP contribution is -2.37. The maximum atomic E-state index is 5.69. The molecule has 1 aliphatic rings. The van der Waals surface area contributed by atoms with E-state index in [1.54, 1.807) is 12.4 Å². The molecular formula is C19H22N6OS. The number of thiazole rings is 1. The van der Waals surface area contributed by atoms with Gasteiger partial charge in [-0.25, -0.2) is 15.0 Å². The monoisotopic (exact) mass is 382 g/mol. The fraction of sp³-hybridized carbons (Fsp3) is 0.263. The summed E-state index contributed by atoms with van der Waals surface area (Å²) in [6.45, 7) is 8.77. The van der Waals surface area contributed by atoms with Gasteiger partial charge in [-0.15, -0.1) is 11.3 Å². The molecule has 4 rings (SSSR count).